The normalized spacial score (nSPS) is 16.6. The van der Waals surface area contributed by atoms with Crippen molar-refractivity contribution in [3.63, 3.8) is 0 Å². The van der Waals surface area contributed by atoms with Crippen LogP contribution >= 0.6 is 0 Å². The van der Waals surface area contributed by atoms with Crippen molar-refractivity contribution in [3.05, 3.63) is 35.4 Å². The highest BCUT2D eigenvalue weighted by atomic mass is 19.1. The molecule has 1 fully saturated rings. The molecule has 2 N–H and O–H groups in total. The van der Waals surface area contributed by atoms with Crippen LogP contribution in [0.15, 0.2) is 18.2 Å². The maximum atomic E-state index is 13.4. The third-order valence-corrected chi connectivity index (χ3v) is 3.69. The van der Waals surface area contributed by atoms with Gasteiger partial charge in [-0.3, -0.25) is 4.90 Å². The molecule has 0 aromatic heterocycles. The monoisotopic (exact) mass is 285 g/mol. The third kappa shape index (κ3) is 4.23. The van der Waals surface area contributed by atoms with Crippen LogP contribution in [0.2, 0.25) is 0 Å². The Bertz CT molecular complexity index is 418. The van der Waals surface area contributed by atoms with E-state index in [1.165, 1.54) is 12.1 Å². The number of halogens is 2. The van der Waals surface area contributed by atoms with Crippen LogP contribution in [0.1, 0.15) is 30.9 Å². The Morgan fingerprint density at radius 2 is 1.75 bits per heavy atom. The first kappa shape index (κ1) is 15.4. The molecule has 0 aliphatic heterocycles. The van der Waals surface area contributed by atoms with Crippen LogP contribution in [-0.2, 0) is 0 Å². The average molecular weight is 285 g/mol. The fourth-order valence-electron chi connectivity index (χ4n) is 2.58. The molecule has 20 heavy (non-hydrogen) atoms. The Hall–Kier alpha value is -1.04. The summed E-state index contributed by atoms with van der Waals surface area (Å²) >= 11 is 0. The van der Waals surface area contributed by atoms with Crippen molar-refractivity contribution in [2.75, 3.05) is 26.3 Å². The molecule has 1 aromatic carbocycles. The van der Waals surface area contributed by atoms with Crippen LogP contribution in [0.3, 0.4) is 0 Å². The molecule has 1 aliphatic carbocycles. The minimum Gasteiger partial charge on any atom is -0.396 e. The van der Waals surface area contributed by atoms with Gasteiger partial charge in [0.1, 0.15) is 11.6 Å². The summed E-state index contributed by atoms with van der Waals surface area (Å²) in [6, 6.07) is 3.19. The van der Waals surface area contributed by atoms with E-state index in [2.05, 4.69) is 0 Å². The zero-order valence-electron chi connectivity index (χ0n) is 11.4. The number of rotatable bonds is 8. The maximum absolute atomic E-state index is 13.4. The van der Waals surface area contributed by atoms with E-state index in [1.54, 1.807) is 0 Å². The zero-order chi connectivity index (χ0) is 14.5. The van der Waals surface area contributed by atoms with E-state index in [4.69, 9.17) is 0 Å². The van der Waals surface area contributed by atoms with Crippen molar-refractivity contribution in [1.82, 2.24) is 4.90 Å². The van der Waals surface area contributed by atoms with E-state index in [1.807, 2.05) is 4.90 Å². The number of benzene rings is 1. The molecule has 0 spiro atoms. The van der Waals surface area contributed by atoms with Crippen molar-refractivity contribution in [3.8, 4) is 0 Å². The predicted molar refractivity (Wildman–Crippen MR) is 72.2 cm³/mol. The van der Waals surface area contributed by atoms with Crippen LogP contribution < -0.4 is 0 Å². The van der Waals surface area contributed by atoms with Gasteiger partial charge in [-0.15, -0.1) is 0 Å². The second kappa shape index (κ2) is 7.11. The van der Waals surface area contributed by atoms with Crippen LogP contribution in [0.25, 0.3) is 0 Å². The Labute approximate surface area is 117 Å². The van der Waals surface area contributed by atoms with E-state index in [-0.39, 0.29) is 19.3 Å². The summed E-state index contributed by atoms with van der Waals surface area (Å²) in [5.41, 5.74) is 0.519. The molecule has 2 rings (SSSR count). The molecule has 1 saturated carbocycles. The quantitative estimate of drug-likeness (QED) is 0.768. The zero-order valence-corrected chi connectivity index (χ0v) is 11.4. The Balaban J connectivity index is 2.21. The lowest BCUT2D eigenvalue weighted by Crippen LogP contribution is -2.34. The number of hydrogen-bond acceptors (Lipinski definition) is 3. The highest BCUT2D eigenvalue weighted by molar-refractivity contribution is 5.21. The van der Waals surface area contributed by atoms with Crippen molar-refractivity contribution in [2.45, 2.75) is 25.3 Å². The highest BCUT2D eigenvalue weighted by Gasteiger charge is 2.28. The molecule has 1 unspecified atom stereocenters. The van der Waals surface area contributed by atoms with Gasteiger partial charge in [0, 0.05) is 31.8 Å². The molecule has 1 aliphatic rings. The molecular weight excluding hydrogens is 264 g/mol. The summed E-state index contributed by atoms with van der Waals surface area (Å²) in [5, 5.41) is 18.4. The van der Waals surface area contributed by atoms with E-state index in [9.17, 15) is 19.0 Å². The van der Waals surface area contributed by atoms with Gasteiger partial charge in [0.05, 0.1) is 6.61 Å². The lowest BCUT2D eigenvalue weighted by atomic mass is 10.0. The molecule has 0 bridgehead atoms. The topological polar surface area (TPSA) is 43.7 Å². The standard InChI is InChI=1S/C15H21F2NO2/c16-13-7-12(8-14(17)9-13)15(3-5-19)18(4-6-20)10-11-1-2-11/h7-9,11,15,19-20H,1-6,10H2. The minimum atomic E-state index is -0.613. The van der Waals surface area contributed by atoms with Crippen molar-refractivity contribution in [1.29, 1.82) is 0 Å². The Morgan fingerprint density at radius 3 is 2.25 bits per heavy atom. The first-order chi connectivity index (χ1) is 9.63. The molecule has 0 saturated heterocycles. The molecule has 5 heteroatoms. The van der Waals surface area contributed by atoms with E-state index in [0.717, 1.165) is 25.5 Å². The maximum Gasteiger partial charge on any atom is 0.126 e. The van der Waals surface area contributed by atoms with Crippen molar-refractivity contribution in [2.24, 2.45) is 5.92 Å². The lowest BCUT2D eigenvalue weighted by molar-refractivity contribution is 0.122. The van der Waals surface area contributed by atoms with Crippen LogP contribution in [0, 0.1) is 17.6 Å². The van der Waals surface area contributed by atoms with Crippen LogP contribution in [-0.4, -0.2) is 41.4 Å². The fraction of sp³-hybridized carbons (Fsp3) is 0.600. The van der Waals surface area contributed by atoms with Gasteiger partial charge < -0.3 is 10.2 Å². The Morgan fingerprint density at radius 1 is 1.10 bits per heavy atom. The van der Waals surface area contributed by atoms with Gasteiger partial charge in [-0.05, 0) is 42.9 Å². The average Bonchev–Trinajstić information content (AvgIpc) is 3.18. The second-order valence-corrected chi connectivity index (χ2v) is 5.39. The van der Waals surface area contributed by atoms with Gasteiger partial charge in [-0.1, -0.05) is 0 Å². The van der Waals surface area contributed by atoms with Gasteiger partial charge in [-0.2, -0.15) is 0 Å². The van der Waals surface area contributed by atoms with Crippen LogP contribution in [0.5, 0.6) is 0 Å². The molecule has 3 nitrogen and oxygen atoms in total. The van der Waals surface area contributed by atoms with E-state index < -0.39 is 11.6 Å². The van der Waals surface area contributed by atoms with Crippen molar-refractivity contribution < 1.29 is 19.0 Å². The van der Waals surface area contributed by atoms with Gasteiger partial charge >= 0.3 is 0 Å². The molecular formula is C15H21F2NO2. The molecule has 112 valence electrons. The fourth-order valence-corrected chi connectivity index (χ4v) is 2.58. The number of aliphatic hydroxyl groups is 2. The molecule has 1 aromatic rings. The largest absolute Gasteiger partial charge is 0.396 e. The number of nitrogens with zero attached hydrogens (tertiary/aromatic N) is 1. The number of hydrogen-bond donors (Lipinski definition) is 2. The highest BCUT2D eigenvalue weighted by Crippen LogP contribution is 2.34. The smallest absolute Gasteiger partial charge is 0.126 e. The predicted octanol–water partition coefficient (Wildman–Crippen LogP) is 2.09. The van der Waals surface area contributed by atoms with E-state index in [0.29, 0.717) is 24.4 Å². The summed E-state index contributed by atoms with van der Waals surface area (Å²) < 4.78 is 26.8. The molecule has 0 amide bonds. The Kier molecular flexibility index (Phi) is 5.46. The summed E-state index contributed by atoms with van der Waals surface area (Å²) in [6.45, 7) is 1.17. The second-order valence-electron chi connectivity index (χ2n) is 5.39. The summed E-state index contributed by atoms with van der Waals surface area (Å²) in [5.74, 6) is -0.627. The molecule has 1 atom stereocenters. The van der Waals surface area contributed by atoms with Gasteiger partial charge in [0.15, 0.2) is 0 Å². The molecule has 0 radical (unpaired) electrons. The molecule has 0 heterocycles. The number of aliphatic hydroxyl groups excluding tert-OH is 2. The first-order valence-corrected chi connectivity index (χ1v) is 7.05. The van der Waals surface area contributed by atoms with E-state index >= 15 is 0 Å². The lowest BCUT2D eigenvalue weighted by Gasteiger charge is -2.31. The van der Waals surface area contributed by atoms with Crippen LogP contribution in [0.4, 0.5) is 8.78 Å². The van der Waals surface area contributed by atoms with Gasteiger partial charge in [0.25, 0.3) is 0 Å². The summed E-state index contributed by atoms with van der Waals surface area (Å²) in [6.07, 6.45) is 2.71. The van der Waals surface area contributed by atoms with Crippen molar-refractivity contribution >= 4 is 0 Å². The SMILES string of the molecule is OCCC(c1cc(F)cc(F)c1)N(CCO)CC1CC1. The minimum absolute atomic E-state index is 0.00749. The third-order valence-electron chi connectivity index (χ3n) is 3.69. The van der Waals surface area contributed by atoms with Gasteiger partial charge in [-0.25, -0.2) is 8.78 Å². The summed E-state index contributed by atoms with van der Waals surface area (Å²) in [4.78, 5) is 2.02. The van der Waals surface area contributed by atoms with Gasteiger partial charge in [0.2, 0.25) is 0 Å². The summed E-state index contributed by atoms with van der Waals surface area (Å²) in [7, 11) is 0. The first-order valence-electron chi connectivity index (χ1n) is 7.05.